The lowest BCUT2D eigenvalue weighted by atomic mass is 9.74. The maximum absolute atomic E-state index is 14.9. The van der Waals surface area contributed by atoms with Crippen molar-refractivity contribution in [3.63, 3.8) is 0 Å². The summed E-state index contributed by atoms with van der Waals surface area (Å²) in [7, 11) is -2.64. The van der Waals surface area contributed by atoms with Gasteiger partial charge in [0.1, 0.15) is 6.10 Å². The molecule has 1 unspecified atom stereocenters. The second-order valence-electron chi connectivity index (χ2n) is 18.5. The summed E-state index contributed by atoms with van der Waals surface area (Å²) in [4.78, 5) is 86.5. The van der Waals surface area contributed by atoms with E-state index in [-0.39, 0.29) is 63.3 Å². The van der Waals surface area contributed by atoms with Crippen LogP contribution >= 0.6 is 0 Å². The van der Waals surface area contributed by atoms with Crippen molar-refractivity contribution in [2.24, 2.45) is 28.6 Å². The van der Waals surface area contributed by atoms with Crippen LogP contribution in [0.5, 0.6) is 11.5 Å². The molecular formula is C42H58N4O12S. The number of Topliss-reactive ketones (excluding diaryl/α,β-unsaturated/α-hetero) is 2. The van der Waals surface area contributed by atoms with Crippen LogP contribution in [-0.2, 0) is 51.8 Å². The second-order valence-corrected chi connectivity index (χ2v) is 20.4. The van der Waals surface area contributed by atoms with Crippen molar-refractivity contribution < 1.29 is 56.1 Å². The average Bonchev–Trinajstić information content (AvgIpc) is 4.02. The average molecular weight is 843 g/mol. The predicted octanol–water partition coefficient (Wildman–Crippen LogP) is 4.75. The quantitative estimate of drug-likeness (QED) is 0.261. The normalized spacial score (nSPS) is 26.1. The number of carbonyl (C=O) groups is 6. The van der Waals surface area contributed by atoms with E-state index >= 15 is 0 Å². The first-order valence-corrected chi connectivity index (χ1v) is 22.6. The van der Waals surface area contributed by atoms with Crippen molar-refractivity contribution in [1.82, 2.24) is 19.8 Å². The molecule has 3 aliphatic heterocycles. The van der Waals surface area contributed by atoms with Gasteiger partial charge in [-0.3, -0.25) is 28.8 Å². The number of carbonyl (C=O) groups excluding carboxylic acids is 6. The molecule has 4 fully saturated rings. The van der Waals surface area contributed by atoms with Crippen molar-refractivity contribution in [3.8, 4) is 11.5 Å². The van der Waals surface area contributed by atoms with Crippen LogP contribution in [0.25, 0.3) is 0 Å². The van der Waals surface area contributed by atoms with Gasteiger partial charge in [-0.25, -0.2) is 18.0 Å². The van der Waals surface area contributed by atoms with Crippen LogP contribution in [0.15, 0.2) is 12.1 Å². The van der Waals surface area contributed by atoms with Crippen molar-refractivity contribution in [2.75, 3.05) is 20.4 Å². The van der Waals surface area contributed by atoms with Crippen LogP contribution in [0, 0.1) is 28.6 Å². The van der Waals surface area contributed by atoms with Crippen molar-refractivity contribution in [3.05, 3.63) is 23.3 Å². The Morgan fingerprint density at radius 1 is 0.966 bits per heavy atom. The smallest absolute Gasteiger partial charge is 0.410 e. The molecule has 6 aliphatic rings. The number of ether oxygens (including phenoxy) is 4. The summed E-state index contributed by atoms with van der Waals surface area (Å²) in [6.45, 7) is 7.91. The SMILES string of the molecule is CC[C@H]1C[C@@]1(CC(=O)C1C[C@@H](OC(=O)N2Cc3cc4c(cc3C2)OCO4)CN1C(=O)[C@@H](CC(=O)[C@@H](NC(=O)OC)C1CCCCC1)C(C)(C)C)C(=O)NS(=O)(=O)C1CC1. The summed E-state index contributed by atoms with van der Waals surface area (Å²) in [5.74, 6) is -2.03. The molecule has 1 aromatic rings. The van der Waals surface area contributed by atoms with Gasteiger partial charge in [-0.2, -0.15) is 0 Å². The van der Waals surface area contributed by atoms with E-state index in [4.69, 9.17) is 18.9 Å². The Kier molecular flexibility index (Phi) is 12.0. The Labute approximate surface area is 345 Å². The monoisotopic (exact) mass is 842 g/mol. The van der Waals surface area contributed by atoms with Crippen LogP contribution in [-0.4, -0.2) is 97.7 Å². The highest BCUT2D eigenvalue weighted by Gasteiger charge is 2.62. The molecule has 2 N–H and O–H groups in total. The maximum Gasteiger partial charge on any atom is 0.410 e. The molecule has 3 aliphatic carbocycles. The van der Waals surface area contributed by atoms with Gasteiger partial charge >= 0.3 is 12.2 Å². The predicted molar refractivity (Wildman–Crippen MR) is 211 cm³/mol. The van der Waals surface area contributed by atoms with E-state index in [0.29, 0.717) is 37.2 Å². The van der Waals surface area contributed by atoms with Gasteiger partial charge in [0.15, 0.2) is 23.1 Å². The van der Waals surface area contributed by atoms with Gasteiger partial charge in [-0.05, 0) is 72.6 Å². The lowest BCUT2D eigenvalue weighted by Crippen LogP contribution is -2.51. The van der Waals surface area contributed by atoms with Gasteiger partial charge < -0.3 is 29.2 Å². The first kappa shape index (κ1) is 42.7. The van der Waals surface area contributed by atoms with E-state index in [1.54, 1.807) is 0 Å². The number of rotatable bonds is 14. The number of nitrogens with one attached hydrogen (secondary N) is 2. The molecule has 1 aromatic carbocycles. The number of benzene rings is 1. The number of sulfonamides is 1. The van der Waals surface area contributed by atoms with Crippen LogP contribution in [0.3, 0.4) is 0 Å². The fraction of sp³-hybridized carbons (Fsp3) is 0.714. The molecule has 3 heterocycles. The molecule has 0 radical (unpaired) electrons. The maximum atomic E-state index is 14.9. The minimum Gasteiger partial charge on any atom is -0.454 e. The summed E-state index contributed by atoms with van der Waals surface area (Å²) in [5.41, 5.74) is -0.265. The zero-order valence-corrected chi connectivity index (χ0v) is 35.5. The van der Waals surface area contributed by atoms with Gasteiger partial charge in [0.05, 0.1) is 36.4 Å². The molecule has 0 spiro atoms. The van der Waals surface area contributed by atoms with E-state index in [0.717, 1.165) is 43.2 Å². The number of alkyl carbamates (subject to hydrolysis) is 1. The topological polar surface area (TPSA) is 204 Å². The van der Waals surface area contributed by atoms with E-state index in [9.17, 15) is 37.2 Å². The molecule has 59 heavy (non-hydrogen) atoms. The summed E-state index contributed by atoms with van der Waals surface area (Å²) in [6.07, 6.45) is 3.34. The molecule has 16 nitrogen and oxygen atoms in total. The van der Waals surface area contributed by atoms with Crippen LogP contribution in [0.4, 0.5) is 9.59 Å². The number of methoxy groups -OCH3 is 1. The fourth-order valence-electron chi connectivity index (χ4n) is 9.58. The molecule has 1 saturated heterocycles. The second kappa shape index (κ2) is 16.6. The lowest BCUT2D eigenvalue weighted by Gasteiger charge is -2.36. The highest BCUT2D eigenvalue weighted by atomic mass is 32.2. The van der Waals surface area contributed by atoms with Crippen LogP contribution in [0.2, 0.25) is 0 Å². The highest BCUT2D eigenvalue weighted by Crippen LogP contribution is 2.58. The largest absolute Gasteiger partial charge is 0.454 e. The van der Waals surface area contributed by atoms with Crippen molar-refractivity contribution >= 4 is 45.6 Å². The number of amides is 4. The van der Waals surface area contributed by atoms with E-state index in [1.807, 2.05) is 39.8 Å². The number of fused-ring (bicyclic) bond motifs is 2. The van der Waals surface area contributed by atoms with E-state index < -0.39 is 80.0 Å². The van der Waals surface area contributed by atoms with Gasteiger partial charge in [0, 0.05) is 38.3 Å². The minimum absolute atomic E-state index is 0.0403. The number of ketones is 2. The Balaban J connectivity index is 1.12. The number of nitrogens with zero attached hydrogens (tertiary/aromatic N) is 2. The Hall–Kier alpha value is -4.41. The lowest BCUT2D eigenvalue weighted by molar-refractivity contribution is -0.146. The zero-order valence-electron chi connectivity index (χ0n) is 34.7. The molecule has 0 aromatic heterocycles. The van der Waals surface area contributed by atoms with Crippen molar-refractivity contribution in [2.45, 2.75) is 141 Å². The Morgan fingerprint density at radius 3 is 2.17 bits per heavy atom. The molecule has 4 amide bonds. The molecule has 7 rings (SSSR count). The summed E-state index contributed by atoms with van der Waals surface area (Å²) in [6, 6.07) is 1.71. The minimum atomic E-state index is -3.88. The third kappa shape index (κ3) is 9.04. The van der Waals surface area contributed by atoms with Gasteiger partial charge in [0.2, 0.25) is 28.6 Å². The molecule has 6 atom stereocenters. The van der Waals surface area contributed by atoms with E-state index in [1.165, 1.54) is 16.9 Å². The zero-order chi connectivity index (χ0) is 42.4. The molecule has 0 bridgehead atoms. The third-order valence-electron chi connectivity index (χ3n) is 13.4. The first-order valence-electron chi connectivity index (χ1n) is 21.1. The Bertz CT molecular complexity index is 1940. The summed E-state index contributed by atoms with van der Waals surface area (Å²) in [5, 5.41) is 2.11. The summed E-state index contributed by atoms with van der Waals surface area (Å²) >= 11 is 0. The van der Waals surface area contributed by atoms with Crippen LogP contribution < -0.4 is 19.5 Å². The van der Waals surface area contributed by atoms with Crippen molar-refractivity contribution in [1.29, 1.82) is 0 Å². The third-order valence-corrected chi connectivity index (χ3v) is 15.2. The number of hydrogen-bond acceptors (Lipinski definition) is 12. The summed E-state index contributed by atoms with van der Waals surface area (Å²) < 4.78 is 49.8. The van der Waals surface area contributed by atoms with Gasteiger partial charge in [-0.1, -0.05) is 53.4 Å². The highest BCUT2D eigenvalue weighted by molar-refractivity contribution is 7.90. The molecule has 17 heteroatoms. The van der Waals surface area contributed by atoms with Crippen LogP contribution in [0.1, 0.15) is 116 Å². The molecule has 324 valence electrons. The standard InChI is InChI=1S/C42H58N4O12S/c1-6-27-18-42(27,38(50)44-59(53,54)29-12-13-29)19-33(48)31-16-28(58-40(52)45-20-25-14-34-35(57-23-56-34)15-26(25)21-45)22-46(31)37(49)30(41(2,3)4)17-32(47)36(43-39(51)55-5)24-10-8-7-9-11-24/h14-15,24,27-31,36H,6-13,16-23H2,1-5H3,(H,43,51)(H,44,50)/t27-,28+,30+,31?,36-,42-/m0/s1. The fourth-order valence-corrected chi connectivity index (χ4v) is 11.0. The molecule has 3 saturated carbocycles. The molecular weight excluding hydrogens is 785 g/mol. The Morgan fingerprint density at radius 2 is 1.61 bits per heavy atom. The number of hydrogen-bond donors (Lipinski definition) is 2. The van der Waals surface area contributed by atoms with E-state index in [2.05, 4.69) is 10.0 Å². The van der Waals surface area contributed by atoms with Gasteiger partial charge in [-0.15, -0.1) is 0 Å². The first-order chi connectivity index (χ1) is 27.9. The van der Waals surface area contributed by atoms with Gasteiger partial charge in [0.25, 0.3) is 0 Å². The number of likely N-dealkylation sites (tertiary alicyclic amines) is 1.